The molecule has 0 radical (unpaired) electrons. The van der Waals surface area contributed by atoms with Crippen LogP contribution in [0.15, 0.2) is 0 Å². The summed E-state index contributed by atoms with van der Waals surface area (Å²) in [7, 11) is 0. The van der Waals surface area contributed by atoms with Crippen LogP contribution in [0.5, 0.6) is 0 Å². The standard InChI is InChI=1S/C17H34O3S/c1-4-6-8-9-10-11-12-14-19-16(3)21-15-17(18)20-13-7-5-2/h16H,4-15H2,1-3H3. The minimum absolute atomic E-state index is 0.0730. The third-order valence-electron chi connectivity index (χ3n) is 3.30. The van der Waals surface area contributed by atoms with Crippen LogP contribution in [-0.2, 0) is 14.3 Å². The average molecular weight is 319 g/mol. The number of ether oxygens (including phenoxy) is 2. The molecule has 0 fully saturated rings. The SMILES string of the molecule is CCCCCCCCCOC(C)SCC(=O)OCCCC. The van der Waals surface area contributed by atoms with Gasteiger partial charge in [-0.25, -0.2) is 0 Å². The van der Waals surface area contributed by atoms with E-state index in [1.54, 1.807) is 0 Å². The van der Waals surface area contributed by atoms with Crippen molar-refractivity contribution in [2.45, 2.75) is 84.0 Å². The Morgan fingerprint density at radius 2 is 1.52 bits per heavy atom. The molecule has 126 valence electrons. The summed E-state index contributed by atoms with van der Waals surface area (Å²) in [6.45, 7) is 7.68. The van der Waals surface area contributed by atoms with Crippen molar-refractivity contribution in [3.05, 3.63) is 0 Å². The largest absolute Gasteiger partial charge is 0.465 e. The van der Waals surface area contributed by atoms with Crippen LogP contribution in [0.3, 0.4) is 0 Å². The summed E-state index contributed by atoms with van der Waals surface area (Å²) >= 11 is 1.52. The van der Waals surface area contributed by atoms with E-state index < -0.39 is 0 Å². The first-order chi connectivity index (χ1) is 10.2. The van der Waals surface area contributed by atoms with Crippen LogP contribution in [0.25, 0.3) is 0 Å². The van der Waals surface area contributed by atoms with E-state index in [0.29, 0.717) is 12.4 Å². The normalized spacial score (nSPS) is 12.3. The fourth-order valence-corrected chi connectivity index (χ4v) is 2.56. The summed E-state index contributed by atoms with van der Waals surface area (Å²) in [6, 6.07) is 0. The summed E-state index contributed by atoms with van der Waals surface area (Å²) in [6.07, 6.45) is 11.1. The quantitative estimate of drug-likeness (QED) is 0.237. The van der Waals surface area contributed by atoms with E-state index in [0.717, 1.165) is 25.9 Å². The molecular formula is C17H34O3S. The number of carbonyl (C=O) groups is 1. The molecule has 0 aliphatic heterocycles. The highest BCUT2D eigenvalue weighted by Crippen LogP contribution is 2.13. The third-order valence-corrected chi connectivity index (χ3v) is 4.31. The number of hydrogen-bond acceptors (Lipinski definition) is 4. The molecule has 0 aromatic heterocycles. The topological polar surface area (TPSA) is 35.5 Å². The van der Waals surface area contributed by atoms with E-state index in [9.17, 15) is 4.79 Å². The number of unbranched alkanes of at least 4 members (excludes halogenated alkanes) is 7. The first-order valence-electron chi connectivity index (χ1n) is 8.59. The number of hydrogen-bond donors (Lipinski definition) is 0. The van der Waals surface area contributed by atoms with Crippen molar-refractivity contribution in [3.8, 4) is 0 Å². The van der Waals surface area contributed by atoms with E-state index in [4.69, 9.17) is 9.47 Å². The molecule has 1 unspecified atom stereocenters. The zero-order valence-corrected chi connectivity index (χ0v) is 15.0. The van der Waals surface area contributed by atoms with E-state index in [1.807, 2.05) is 6.92 Å². The molecule has 21 heavy (non-hydrogen) atoms. The molecule has 0 rings (SSSR count). The lowest BCUT2D eigenvalue weighted by molar-refractivity contribution is -0.140. The second kappa shape index (κ2) is 16.2. The van der Waals surface area contributed by atoms with Gasteiger partial charge in [0, 0.05) is 6.61 Å². The van der Waals surface area contributed by atoms with Gasteiger partial charge in [0.2, 0.25) is 0 Å². The molecule has 0 aliphatic carbocycles. The Kier molecular flexibility index (Phi) is 16.0. The van der Waals surface area contributed by atoms with Gasteiger partial charge in [-0.05, 0) is 19.8 Å². The van der Waals surface area contributed by atoms with Crippen molar-refractivity contribution in [1.82, 2.24) is 0 Å². The molecule has 0 N–H and O–H groups in total. The molecule has 0 aromatic rings. The summed E-state index contributed by atoms with van der Waals surface area (Å²) < 4.78 is 10.8. The number of esters is 1. The number of thioether (sulfide) groups is 1. The Balaban J connectivity index is 3.30. The Hall–Kier alpha value is -0.220. The summed E-state index contributed by atoms with van der Waals surface area (Å²) in [5.41, 5.74) is 0.0730. The fourth-order valence-electron chi connectivity index (χ4n) is 1.91. The average Bonchev–Trinajstić information content (AvgIpc) is 2.48. The molecule has 0 aromatic carbocycles. The number of rotatable bonds is 15. The van der Waals surface area contributed by atoms with Gasteiger partial charge in [0.05, 0.1) is 12.4 Å². The maximum atomic E-state index is 11.4. The molecule has 0 spiro atoms. The predicted molar refractivity (Wildman–Crippen MR) is 91.7 cm³/mol. The van der Waals surface area contributed by atoms with E-state index in [2.05, 4.69) is 13.8 Å². The Morgan fingerprint density at radius 1 is 0.905 bits per heavy atom. The molecule has 0 saturated carbocycles. The highest BCUT2D eigenvalue weighted by molar-refractivity contribution is 8.00. The van der Waals surface area contributed by atoms with Gasteiger partial charge in [-0.2, -0.15) is 0 Å². The van der Waals surface area contributed by atoms with Crippen molar-refractivity contribution >= 4 is 17.7 Å². The lowest BCUT2D eigenvalue weighted by atomic mass is 10.1. The van der Waals surface area contributed by atoms with Crippen LogP contribution in [0.4, 0.5) is 0 Å². The van der Waals surface area contributed by atoms with Gasteiger partial charge in [0.25, 0.3) is 0 Å². The Labute approximate surface area is 135 Å². The van der Waals surface area contributed by atoms with Gasteiger partial charge < -0.3 is 9.47 Å². The molecule has 0 amide bonds. The maximum Gasteiger partial charge on any atom is 0.315 e. The second-order valence-corrected chi connectivity index (χ2v) is 6.73. The molecular weight excluding hydrogens is 284 g/mol. The van der Waals surface area contributed by atoms with Crippen molar-refractivity contribution in [3.63, 3.8) is 0 Å². The van der Waals surface area contributed by atoms with Crippen molar-refractivity contribution in [2.24, 2.45) is 0 Å². The lowest BCUT2D eigenvalue weighted by Gasteiger charge is -2.12. The van der Waals surface area contributed by atoms with Gasteiger partial charge in [0.15, 0.2) is 0 Å². The minimum atomic E-state index is -0.125. The zero-order chi connectivity index (χ0) is 15.8. The van der Waals surface area contributed by atoms with Crippen molar-refractivity contribution < 1.29 is 14.3 Å². The Morgan fingerprint density at radius 3 is 2.19 bits per heavy atom. The zero-order valence-electron chi connectivity index (χ0n) is 14.2. The van der Waals surface area contributed by atoms with E-state index in [-0.39, 0.29) is 11.4 Å². The smallest absolute Gasteiger partial charge is 0.315 e. The highest BCUT2D eigenvalue weighted by Gasteiger charge is 2.08. The highest BCUT2D eigenvalue weighted by atomic mass is 32.2. The third kappa shape index (κ3) is 16.0. The molecule has 3 nitrogen and oxygen atoms in total. The molecule has 0 bridgehead atoms. The van der Waals surface area contributed by atoms with Gasteiger partial charge in [0.1, 0.15) is 5.44 Å². The monoisotopic (exact) mass is 318 g/mol. The van der Waals surface area contributed by atoms with Crippen LogP contribution < -0.4 is 0 Å². The summed E-state index contributed by atoms with van der Waals surface area (Å²) in [5.74, 6) is 0.266. The summed E-state index contributed by atoms with van der Waals surface area (Å²) in [5, 5.41) is 0. The second-order valence-electron chi connectivity index (χ2n) is 5.44. The van der Waals surface area contributed by atoms with Crippen LogP contribution >= 0.6 is 11.8 Å². The molecule has 1 atom stereocenters. The maximum absolute atomic E-state index is 11.4. The summed E-state index contributed by atoms with van der Waals surface area (Å²) in [4.78, 5) is 11.4. The van der Waals surface area contributed by atoms with Gasteiger partial charge in [-0.1, -0.05) is 58.8 Å². The fraction of sp³-hybridized carbons (Fsp3) is 0.941. The molecule has 0 saturated heterocycles. The van der Waals surface area contributed by atoms with Crippen molar-refractivity contribution in [1.29, 1.82) is 0 Å². The molecule has 0 aliphatic rings. The van der Waals surface area contributed by atoms with Gasteiger partial charge in [-0.15, -0.1) is 11.8 Å². The van der Waals surface area contributed by atoms with Crippen LogP contribution in [-0.4, -0.2) is 30.4 Å². The molecule has 0 heterocycles. The predicted octanol–water partition coefficient (Wildman–Crippen LogP) is 5.18. The van der Waals surface area contributed by atoms with Crippen LogP contribution in [0.1, 0.15) is 78.6 Å². The first-order valence-corrected chi connectivity index (χ1v) is 9.64. The van der Waals surface area contributed by atoms with Gasteiger partial charge >= 0.3 is 5.97 Å². The lowest BCUT2D eigenvalue weighted by Crippen LogP contribution is -2.13. The van der Waals surface area contributed by atoms with Crippen LogP contribution in [0, 0.1) is 0 Å². The van der Waals surface area contributed by atoms with E-state index in [1.165, 1.54) is 50.3 Å². The van der Waals surface area contributed by atoms with Gasteiger partial charge in [-0.3, -0.25) is 4.79 Å². The Bertz CT molecular complexity index is 234. The van der Waals surface area contributed by atoms with Crippen molar-refractivity contribution in [2.75, 3.05) is 19.0 Å². The minimum Gasteiger partial charge on any atom is -0.465 e. The van der Waals surface area contributed by atoms with Crippen LogP contribution in [0.2, 0.25) is 0 Å². The number of carbonyl (C=O) groups excluding carboxylic acids is 1. The first kappa shape index (κ1) is 20.8. The van der Waals surface area contributed by atoms with E-state index >= 15 is 0 Å². The molecule has 4 heteroatoms.